The van der Waals surface area contributed by atoms with Crippen molar-refractivity contribution in [1.29, 1.82) is 0 Å². The van der Waals surface area contributed by atoms with Crippen molar-refractivity contribution in [3.05, 3.63) is 30.0 Å². The number of aryl methyl sites for hydroxylation is 1. The molecule has 0 bridgehead atoms. The second-order valence-corrected chi connectivity index (χ2v) is 5.94. The molecule has 1 aliphatic heterocycles. The second kappa shape index (κ2) is 6.16. The molecule has 0 amide bonds. The summed E-state index contributed by atoms with van der Waals surface area (Å²) in [5.74, 6) is 0. The molecule has 3 rings (SSSR count). The molecule has 2 heterocycles. The van der Waals surface area contributed by atoms with Gasteiger partial charge < -0.3 is 10.1 Å². The lowest BCUT2D eigenvalue weighted by molar-refractivity contribution is 0.0336. The Morgan fingerprint density at radius 1 is 1.38 bits per heavy atom. The fraction of sp³-hybridized carbons (Fsp3) is 0.588. The van der Waals surface area contributed by atoms with Crippen LogP contribution < -0.4 is 5.32 Å². The molecule has 0 aliphatic carbocycles. The van der Waals surface area contributed by atoms with E-state index in [0.717, 1.165) is 25.8 Å². The molecule has 2 aromatic rings. The van der Waals surface area contributed by atoms with Gasteiger partial charge in [-0.1, -0.05) is 18.2 Å². The van der Waals surface area contributed by atoms with E-state index in [1.807, 2.05) is 7.05 Å². The second-order valence-electron chi connectivity index (χ2n) is 5.94. The van der Waals surface area contributed by atoms with Crippen molar-refractivity contribution in [2.24, 2.45) is 0 Å². The smallest absolute Gasteiger partial charge is 0.0736 e. The van der Waals surface area contributed by atoms with Crippen LogP contribution in [0, 0.1) is 0 Å². The minimum Gasteiger partial charge on any atom is -0.374 e. The zero-order valence-corrected chi connectivity index (χ0v) is 13.2. The number of aromatic nitrogens is 2. The Kier molecular flexibility index (Phi) is 4.27. The fourth-order valence-electron chi connectivity index (χ4n) is 3.35. The van der Waals surface area contributed by atoms with Gasteiger partial charge in [-0.3, -0.25) is 4.68 Å². The lowest BCUT2D eigenvalue weighted by atomic mass is 10.0. The van der Waals surface area contributed by atoms with E-state index in [9.17, 15) is 0 Å². The molecule has 4 nitrogen and oxygen atoms in total. The van der Waals surface area contributed by atoms with Crippen LogP contribution in [0.5, 0.6) is 0 Å². The predicted octanol–water partition coefficient (Wildman–Crippen LogP) is 2.75. The van der Waals surface area contributed by atoms with Crippen LogP contribution in [-0.2, 0) is 17.7 Å². The molecule has 0 spiro atoms. The molecular formula is C17H25N3O. The van der Waals surface area contributed by atoms with Crippen LogP contribution in [0.15, 0.2) is 24.3 Å². The van der Waals surface area contributed by atoms with E-state index in [1.54, 1.807) is 0 Å². The van der Waals surface area contributed by atoms with E-state index < -0.39 is 0 Å². The zero-order chi connectivity index (χ0) is 14.8. The maximum atomic E-state index is 6.03. The van der Waals surface area contributed by atoms with Crippen molar-refractivity contribution >= 4 is 10.9 Å². The minimum absolute atomic E-state index is 0.301. The van der Waals surface area contributed by atoms with Crippen LogP contribution in [0.25, 0.3) is 10.9 Å². The molecule has 0 radical (unpaired) electrons. The Morgan fingerprint density at radius 3 is 2.86 bits per heavy atom. The molecular weight excluding hydrogens is 262 g/mol. The summed E-state index contributed by atoms with van der Waals surface area (Å²) in [6, 6.07) is 8.83. The van der Waals surface area contributed by atoms with Crippen molar-refractivity contribution in [1.82, 2.24) is 15.1 Å². The topological polar surface area (TPSA) is 39.1 Å². The van der Waals surface area contributed by atoms with E-state index in [2.05, 4.69) is 48.1 Å². The Balaban J connectivity index is 1.86. The summed E-state index contributed by atoms with van der Waals surface area (Å²) in [5, 5.41) is 9.51. The average Bonchev–Trinajstić information content (AvgIpc) is 3.09. The molecule has 4 heteroatoms. The number of likely N-dealkylation sites (N-methyl/N-ethyl adjacent to an activating group) is 1. The average molecular weight is 287 g/mol. The Morgan fingerprint density at radius 2 is 2.19 bits per heavy atom. The number of benzene rings is 1. The lowest BCUT2D eigenvalue weighted by Crippen LogP contribution is -2.39. The van der Waals surface area contributed by atoms with Crippen molar-refractivity contribution < 1.29 is 4.74 Å². The van der Waals surface area contributed by atoms with E-state index >= 15 is 0 Å². The first-order chi connectivity index (χ1) is 10.2. The number of para-hydroxylation sites is 1. The van der Waals surface area contributed by atoms with Gasteiger partial charge in [0, 0.05) is 24.4 Å². The highest BCUT2D eigenvalue weighted by atomic mass is 16.5. The van der Waals surface area contributed by atoms with Crippen molar-refractivity contribution in [3.63, 3.8) is 0 Å². The molecule has 1 aromatic carbocycles. The van der Waals surface area contributed by atoms with Crippen LogP contribution >= 0.6 is 0 Å². The standard InChI is InChI=1S/C17H25N3O/c1-4-20-16-8-6-5-7-13(16)14(19-20)11-15(18-3)17-10-9-12(2)21-17/h5-8,12,15,17-18H,4,9-11H2,1-3H3. The van der Waals surface area contributed by atoms with Gasteiger partial charge in [-0.05, 0) is 39.8 Å². The molecule has 3 atom stereocenters. The van der Waals surface area contributed by atoms with E-state index in [-0.39, 0.29) is 0 Å². The summed E-state index contributed by atoms with van der Waals surface area (Å²) in [4.78, 5) is 0. The van der Waals surface area contributed by atoms with Crippen LogP contribution in [0.2, 0.25) is 0 Å². The van der Waals surface area contributed by atoms with Gasteiger partial charge in [-0.2, -0.15) is 5.10 Å². The van der Waals surface area contributed by atoms with Crippen molar-refractivity contribution in [2.75, 3.05) is 7.05 Å². The summed E-state index contributed by atoms with van der Waals surface area (Å²) >= 11 is 0. The summed E-state index contributed by atoms with van der Waals surface area (Å²) in [6.07, 6.45) is 3.90. The first kappa shape index (κ1) is 14.5. The van der Waals surface area contributed by atoms with Crippen molar-refractivity contribution in [3.8, 4) is 0 Å². The molecule has 1 fully saturated rings. The van der Waals surface area contributed by atoms with Gasteiger partial charge in [-0.25, -0.2) is 0 Å². The molecule has 1 aliphatic rings. The van der Waals surface area contributed by atoms with Crippen LogP contribution in [0.1, 0.15) is 32.4 Å². The highest BCUT2D eigenvalue weighted by Crippen LogP contribution is 2.25. The number of fused-ring (bicyclic) bond motifs is 1. The number of ether oxygens (including phenoxy) is 1. The third kappa shape index (κ3) is 2.83. The molecule has 21 heavy (non-hydrogen) atoms. The van der Waals surface area contributed by atoms with Crippen LogP contribution in [-0.4, -0.2) is 35.1 Å². The molecule has 3 unspecified atom stereocenters. The number of hydrogen-bond acceptors (Lipinski definition) is 3. The van der Waals surface area contributed by atoms with Gasteiger partial charge in [0.1, 0.15) is 0 Å². The predicted molar refractivity (Wildman–Crippen MR) is 85.5 cm³/mol. The highest BCUT2D eigenvalue weighted by Gasteiger charge is 2.29. The minimum atomic E-state index is 0.301. The summed E-state index contributed by atoms with van der Waals surface area (Å²) in [7, 11) is 2.02. The van der Waals surface area contributed by atoms with Gasteiger partial charge in [0.15, 0.2) is 0 Å². The van der Waals surface area contributed by atoms with Crippen LogP contribution in [0.4, 0.5) is 0 Å². The Hall–Kier alpha value is -1.39. The Labute approximate surface area is 126 Å². The number of rotatable bonds is 5. The Bertz CT molecular complexity index is 607. The fourth-order valence-corrected chi connectivity index (χ4v) is 3.35. The molecule has 114 valence electrons. The van der Waals surface area contributed by atoms with Gasteiger partial charge in [0.2, 0.25) is 0 Å². The number of nitrogens with zero attached hydrogens (tertiary/aromatic N) is 2. The van der Waals surface area contributed by atoms with Gasteiger partial charge in [-0.15, -0.1) is 0 Å². The molecule has 1 N–H and O–H groups in total. The maximum absolute atomic E-state index is 6.03. The summed E-state index contributed by atoms with van der Waals surface area (Å²) in [6.45, 7) is 5.20. The third-order valence-electron chi connectivity index (χ3n) is 4.53. The first-order valence-electron chi connectivity index (χ1n) is 8.00. The number of nitrogens with one attached hydrogen (secondary N) is 1. The lowest BCUT2D eigenvalue weighted by Gasteiger charge is -2.22. The van der Waals surface area contributed by atoms with Crippen molar-refractivity contribution in [2.45, 2.75) is 57.9 Å². The van der Waals surface area contributed by atoms with Gasteiger partial charge in [0.05, 0.1) is 23.4 Å². The monoisotopic (exact) mass is 287 g/mol. The molecule has 0 saturated carbocycles. The normalized spacial score (nSPS) is 23.8. The van der Waals surface area contributed by atoms with Gasteiger partial charge >= 0.3 is 0 Å². The highest BCUT2D eigenvalue weighted by molar-refractivity contribution is 5.82. The largest absolute Gasteiger partial charge is 0.374 e. The quantitative estimate of drug-likeness (QED) is 0.919. The van der Waals surface area contributed by atoms with Crippen LogP contribution in [0.3, 0.4) is 0 Å². The summed E-state index contributed by atoms with van der Waals surface area (Å²) in [5.41, 5.74) is 2.40. The first-order valence-corrected chi connectivity index (χ1v) is 8.00. The van der Waals surface area contributed by atoms with E-state index in [4.69, 9.17) is 9.84 Å². The SMILES string of the molecule is CCn1nc(CC(NC)C2CCC(C)O2)c2ccccc21. The van der Waals surface area contributed by atoms with E-state index in [1.165, 1.54) is 16.6 Å². The molecule has 1 aromatic heterocycles. The zero-order valence-electron chi connectivity index (χ0n) is 13.2. The molecule has 1 saturated heterocycles. The van der Waals surface area contributed by atoms with Gasteiger partial charge in [0.25, 0.3) is 0 Å². The maximum Gasteiger partial charge on any atom is 0.0736 e. The van der Waals surface area contributed by atoms with E-state index in [0.29, 0.717) is 18.2 Å². The number of hydrogen-bond donors (Lipinski definition) is 1. The summed E-state index contributed by atoms with van der Waals surface area (Å²) < 4.78 is 8.13. The third-order valence-corrected chi connectivity index (χ3v) is 4.53.